The summed E-state index contributed by atoms with van der Waals surface area (Å²) in [5, 5.41) is 0. The molecular formula is C19H25NO2. The largest absolute Gasteiger partial charge is 0.493 e. The third-order valence-corrected chi connectivity index (χ3v) is 3.34. The minimum absolute atomic E-state index is 0.131. The maximum absolute atomic E-state index is 5.83. The van der Waals surface area contributed by atoms with E-state index in [1.807, 2.05) is 26.0 Å². The van der Waals surface area contributed by atoms with Crippen LogP contribution in [-0.4, -0.2) is 25.2 Å². The van der Waals surface area contributed by atoms with Gasteiger partial charge in [0.25, 0.3) is 0 Å². The average Bonchev–Trinajstić information content (AvgIpc) is 2.48. The van der Waals surface area contributed by atoms with E-state index in [-0.39, 0.29) is 6.10 Å². The monoisotopic (exact) mass is 299 g/mol. The summed E-state index contributed by atoms with van der Waals surface area (Å²) in [5.41, 5.74) is 2.53. The molecule has 0 spiro atoms. The SMILES string of the molecule is COc1ccc(CN(C)Cc2ccccc2)cc1OC(C)C. The van der Waals surface area contributed by atoms with Crippen molar-refractivity contribution in [3.63, 3.8) is 0 Å². The number of rotatable bonds is 7. The number of nitrogens with zero attached hydrogens (tertiary/aromatic N) is 1. The van der Waals surface area contributed by atoms with Crippen molar-refractivity contribution >= 4 is 0 Å². The number of ether oxygens (including phenoxy) is 2. The van der Waals surface area contributed by atoms with Crippen LogP contribution in [0.3, 0.4) is 0 Å². The Hall–Kier alpha value is -2.00. The van der Waals surface area contributed by atoms with E-state index in [9.17, 15) is 0 Å². The van der Waals surface area contributed by atoms with Crippen LogP contribution in [-0.2, 0) is 13.1 Å². The molecule has 0 saturated carbocycles. The first-order valence-corrected chi connectivity index (χ1v) is 7.64. The van der Waals surface area contributed by atoms with Crippen molar-refractivity contribution < 1.29 is 9.47 Å². The van der Waals surface area contributed by atoms with Crippen LogP contribution in [0.1, 0.15) is 25.0 Å². The van der Waals surface area contributed by atoms with Crippen molar-refractivity contribution in [3.05, 3.63) is 59.7 Å². The van der Waals surface area contributed by atoms with Gasteiger partial charge in [-0.15, -0.1) is 0 Å². The molecule has 3 heteroatoms. The van der Waals surface area contributed by atoms with Crippen LogP contribution in [0.2, 0.25) is 0 Å². The van der Waals surface area contributed by atoms with Crippen LogP contribution in [0.4, 0.5) is 0 Å². The van der Waals surface area contributed by atoms with E-state index >= 15 is 0 Å². The summed E-state index contributed by atoms with van der Waals surface area (Å²) in [6.07, 6.45) is 0.131. The van der Waals surface area contributed by atoms with Crippen molar-refractivity contribution in [1.82, 2.24) is 4.90 Å². The molecule has 0 amide bonds. The van der Waals surface area contributed by atoms with Crippen molar-refractivity contribution in [1.29, 1.82) is 0 Å². The van der Waals surface area contributed by atoms with Gasteiger partial charge in [-0.3, -0.25) is 4.90 Å². The van der Waals surface area contributed by atoms with Gasteiger partial charge in [-0.05, 0) is 44.2 Å². The summed E-state index contributed by atoms with van der Waals surface area (Å²) >= 11 is 0. The maximum atomic E-state index is 5.83. The zero-order chi connectivity index (χ0) is 15.9. The Balaban J connectivity index is 2.05. The lowest BCUT2D eigenvalue weighted by Crippen LogP contribution is -2.17. The van der Waals surface area contributed by atoms with Crippen LogP contribution < -0.4 is 9.47 Å². The van der Waals surface area contributed by atoms with Gasteiger partial charge in [0, 0.05) is 13.1 Å². The molecule has 0 bridgehead atoms. The molecule has 2 rings (SSSR count). The Morgan fingerprint density at radius 1 is 0.909 bits per heavy atom. The summed E-state index contributed by atoms with van der Waals surface area (Å²) in [6.45, 7) is 5.84. The van der Waals surface area contributed by atoms with E-state index in [2.05, 4.69) is 48.3 Å². The molecule has 118 valence electrons. The summed E-state index contributed by atoms with van der Waals surface area (Å²) in [6, 6.07) is 16.6. The van der Waals surface area contributed by atoms with Gasteiger partial charge in [-0.2, -0.15) is 0 Å². The lowest BCUT2D eigenvalue weighted by Gasteiger charge is -2.19. The summed E-state index contributed by atoms with van der Waals surface area (Å²) in [4.78, 5) is 2.29. The second-order valence-corrected chi connectivity index (χ2v) is 5.81. The molecule has 0 aliphatic heterocycles. The van der Waals surface area contributed by atoms with Crippen LogP contribution >= 0.6 is 0 Å². The smallest absolute Gasteiger partial charge is 0.161 e. The van der Waals surface area contributed by atoms with Gasteiger partial charge in [0.1, 0.15) is 0 Å². The molecule has 2 aromatic rings. The third-order valence-electron chi connectivity index (χ3n) is 3.34. The predicted molar refractivity (Wildman–Crippen MR) is 90.4 cm³/mol. The number of methoxy groups -OCH3 is 1. The Morgan fingerprint density at radius 3 is 2.23 bits per heavy atom. The van der Waals surface area contributed by atoms with Gasteiger partial charge in [-0.1, -0.05) is 36.4 Å². The van der Waals surface area contributed by atoms with E-state index in [1.165, 1.54) is 11.1 Å². The van der Waals surface area contributed by atoms with E-state index in [1.54, 1.807) is 7.11 Å². The molecule has 0 saturated heterocycles. The summed E-state index contributed by atoms with van der Waals surface area (Å²) in [5.74, 6) is 1.59. The van der Waals surface area contributed by atoms with Gasteiger partial charge in [0.2, 0.25) is 0 Å². The first-order chi connectivity index (χ1) is 10.6. The molecule has 2 aromatic carbocycles. The van der Waals surface area contributed by atoms with Crippen molar-refractivity contribution in [3.8, 4) is 11.5 Å². The van der Waals surface area contributed by atoms with Crippen LogP contribution in [0.25, 0.3) is 0 Å². The molecule has 0 aromatic heterocycles. The highest BCUT2D eigenvalue weighted by atomic mass is 16.5. The number of benzene rings is 2. The molecule has 3 nitrogen and oxygen atoms in total. The Labute approximate surface area is 133 Å². The normalized spacial score (nSPS) is 11.0. The average molecular weight is 299 g/mol. The van der Waals surface area contributed by atoms with E-state index in [0.717, 1.165) is 24.6 Å². The van der Waals surface area contributed by atoms with Gasteiger partial charge < -0.3 is 9.47 Å². The summed E-state index contributed by atoms with van der Waals surface area (Å²) in [7, 11) is 3.80. The Morgan fingerprint density at radius 2 is 1.59 bits per heavy atom. The molecule has 0 N–H and O–H groups in total. The van der Waals surface area contributed by atoms with Crippen molar-refractivity contribution in [2.45, 2.75) is 33.0 Å². The fourth-order valence-corrected chi connectivity index (χ4v) is 2.43. The molecule has 0 aliphatic carbocycles. The van der Waals surface area contributed by atoms with Crippen LogP contribution in [0.5, 0.6) is 11.5 Å². The lowest BCUT2D eigenvalue weighted by molar-refractivity contribution is 0.229. The molecule has 0 atom stereocenters. The predicted octanol–water partition coefficient (Wildman–Crippen LogP) is 4.11. The molecule has 0 heterocycles. The Bertz CT molecular complexity index is 581. The maximum Gasteiger partial charge on any atom is 0.161 e. The highest BCUT2D eigenvalue weighted by Crippen LogP contribution is 2.29. The number of hydrogen-bond donors (Lipinski definition) is 0. The van der Waals surface area contributed by atoms with Gasteiger partial charge in [-0.25, -0.2) is 0 Å². The standard InChI is InChI=1S/C19H25NO2/c1-15(2)22-19-12-17(10-11-18(19)21-4)14-20(3)13-16-8-6-5-7-9-16/h5-12,15H,13-14H2,1-4H3. The van der Waals surface area contributed by atoms with Crippen molar-refractivity contribution in [2.75, 3.05) is 14.2 Å². The van der Waals surface area contributed by atoms with Gasteiger partial charge in [0.05, 0.1) is 13.2 Å². The minimum Gasteiger partial charge on any atom is -0.493 e. The van der Waals surface area contributed by atoms with Crippen LogP contribution in [0.15, 0.2) is 48.5 Å². The molecule has 22 heavy (non-hydrogen) atoms. The minimum atomic E-state index is 0.131. The van der Waals surface area contributed by atoms with Crippen molar-refractivity contribution in [2.24, 2.45) is 0 Å². The fourth-order valence-electron chi connectivity index (χ4n) is 2.43. The van der Waals surface area contributed by atoms with Gasteiger partial charge in [0.15, 0.2) is 11.5 Å². The molecule has 0 radical (unpaired) electrons. The quantitative estimate of drug-likeness (QED) is 0.768. The van der Waals surface area contributed by atoms with E-state index in [4.69, 9.17) is 9.47 Å². The first kappa shape index (κ1) is 16.4. The highest BCUT2D eigenvalue weighted by molar-refractivity contribution is 5.43. The van der Waals surface area contributed by atoms with Crippen LogP contribution in [0, 0.1) is 0 Å². The first-order valence-electron chi connectivity index (χ1n) is 7.64. The topological polar surface area (TPSA) is 21.7 Å². The second kappa shape index (κ2) is 7.85. The highest BCUT2D eigenvalue weighted by Gasteiger charge is 2.09. The molecule has 0 aliphatic rings. The van der Waals surface area contributed by atoms with E-state index in [0.29, 0.717) is 0 Å². The molecule has 0 fully saturated rings. The molecular weight excluding hydrogens is 274 g/mol. The number of hydrogen-bond acceptors (Lipinski definition) is 3. The zero-order valence-corrected chi connectivity index (χ0v) is 13.9. The van der Waals surface area contributed by atoms with Gasteiger partial charge >= 0.3 is 0 Å². The Kier molecular flexibility index (Phi) is 5.84. The second-order valence-electron chi connectivity index (χ2n) is 5.81. The fraction of sp³-hybridized carbons (Fsp3) is 0.368. The summed E-state index contributed by atoms with van der Waals surface area (Å²) < 4.78 is 11.2. The molecule has 0 unspecified atom stereocenters. The van der Waals surface area contributed by atoms with E-state index < -0.39 is 0 Å². The third kappa shape index (κ3) is 4.78. The zero-order valence-electron chi connectivity index (χ0n) is 13.9. The lowest BCUT2D eigenvalue weighted by atomic mass is 10.1.